The summed E-state index contributed by atoms with van der Waals surface area (Å²) in [6.45, 7) is 2.97. The van der Waals surface area contributed by atoms with Gasteiger partial charge in [-0.25, -0.2) is 5.53 Å². The molecule has 1 fully saturated rings. The van der Waals surface area contributed by atoms with Crippen LogP contribution in [0.5, 0.6) is 0 Å². The quantitative estimate of drug-likeness (QED) is 0.407. The van der Waals surface area contributed by atoms with E-state index in [0.29, 0.717) is 0 Å². The van der Waals surface area contributed by atoms with Crippen LogP contribution in [-0.4, -0.2) is 22.6 Å². The van der Waals surface area contributed by atoms with Crippen LogP contribution in [-0.2, 0) is 0 Å². The minimum absolute atomic E-state index is 0.995. The highest BCUT2D eigenvalue weighted by Gasteiger charge is 2.36. The minimum Gasteiger partial charge on any atom is -0.252 e. The van der Waals surface area contributed by atoms with Crippen LogP contribution in [0, 0.1) is 0 Å². The van der Waals surface area contributed by atoms with Crippen molar-refractivity contribution in [2.75, 3.05) is 6.67 Å². The number of rotatable bonds is 0. The monoisotopic (exact) mass is 98.1 g/mol. The summed E-state index contributed by atoms with van der Waals surface area (Å²) in [5, 5.41) is 7.85. The Morgan fingerprint density at radius 1 is 1.86 bits per heavy atom. The second-order valence-corrected chi connectivity index (χ2v) is 1.70. The first kappa shape index (κ1) is 3.26. The molecule has 0 radical (unpaired) electrons. The van der Waals surface area contributed by atoms with Crippen LogP contribution >= 0.6 is 0 Å². The molecular weight excluding hydrogens is 92.1 g/mol. The van der Waals surface area contributed by atoms with Crippen molar-refractivity contribution in [3.63, 3.8) is 0 Å². The normalized spacial score (nSPS) is 34.1. The highest BCUT2D eigenvalue weighted by atomic mass is 16.1. The van der Waals surface area contributed by atoms with Crippen molar-refractivity contribution in [2.45, 2.75) is 6.92 Å². The first-order valence-electron chi connectivity index (χ1n) is 2.23. The van der Waals surface area contributed by atoms with E-state index in [1.165, 1.54) is 0 Å². The average molecular weight is 98.1 g/mol. The molecule has 2 heterocycles. The second kappa shape index (κ2) is 0.742. The highest BCUT2D eigenvalue weighted by molar-refractivity contribution is 5.81. The Kier molecular flexibility index (Phi) is 0.346. The zero-order valence-corrected chi connectivity index (χ0v) is 4.05. The maximum Gasteiger partial charge on any atom is 0.140 e. The molecule has 0 saturated carbocycles. The SMILES string of the molecule is CC1=NN[N@]2CN12. The van der Waals surface area contributed by atoms with Crippen molar-refractivity contribution in [1.29, 1.82) is 0 Å². The van der Waals surface area contributed by atoms with Gasteiger partial charge in [0, 0.05) is 0 Å². The summed E-state index contributed by atoms with van der Waals surface area (Å²) < 4.78 is 0. The molecule has 2 aliphatic rings. The van der Waals surface area contributed by atoms with E-state index in [9.17, 15) is 0 Å². The van der Waals surface area contributed by atoms with Gasteiger partial charge in [-0.15, -0.1) is 5.10 Å². The standard InChI is InChI=1S/C3H6N4/c1-3-4-5-7-2-6(3)7/h5H,2H2,1H3/t6?,7-/m0/s1. The number of hydrazine groups is 2. The third-order valence-electron chi connectivity index (χ3n) is 1.18. The Hall–Kier alpha value is -0.770. The van der Waals surface area contributed by atoms with Gasteiger partial charge in [-0.2, -0.15) is 0 Å². The van der Waals surface area contributed by atoms with Crippen molar-refractivity contribution in [2.24, 2.45) is 5.10 Å². The molecule has 0 amide bonds. The lowest BCUT2D eigenvalue weighted by Gasteiger charge is -1.84. The molecule has 0 bridgehead atoms. The van der Waals surface area contributed by atoms with Gasteiger partial charge in [0.05, 0.1) is 0 Å². The minimum atomic E-state index is 0.995. The van der Waals surface area contributed by atoms with Crippen molar-refractivity contribution >= 4 is 5.84 Å². The molecule has 7 heavy (non-hydrogen) atoms. The summed E-state index contributed by atoms with van der Waals surface area (Å²) in [6.07, 6.45) is 0. The van der Waals surface area contributed by atoms with Crippen LogP contribution in [0.25, 0.3) is 0 Å². The third kappa shape index (κ3) is 0.269. The van der Waals surface area contributed by atoms with E-state index in [-0.39, 0.29) is 0 Å². The third-order valence-corrected chi connectivity index (χ3v) is 1.18. The van der Waals surface area contributed by atoms with E-state index in [1.54, 1.807) is 0 Å². The summed E-state index contributed by atoms with van der Waals surface area (Å²) in [7, 11) is 0. The Labute approximate surface area is 41.3 Å². The lowest BCUT2D eigenvalue weighted by molar-refractivity contribution is 0.341. The largest absolute Gasteiger partial charge is 0.252 e. The molecule has 2 aliphatic heterocycles. The zero-order chi connectivity index (χ0) is 4.85. The molecule has 1 atom stereocenters. The Morgan fingerprint density at radius 3 is 2.86 bits per heavy atom. The van der Waals surface area contributed by atoms with E-state index in [0.717, 1.165) is 12.5 Å². The Bertz CT molecular complexity index is 129. The Balaban J connectivity index is 2.25. The number of hydrazone groups is 1. The lowest BCUT2D eigenvalue weighted by Crippen LogP contribution is -2.09. The van der Waals surface area contributed by atoms with E-state index < -0.39 is 0 Å². The number of fused-ring (bicyclic) bond motifs is 1. The summed E-state index contributed by atoms with van der Waals surface area (Å²) in [6, 6.07) is 0. The van der Waals surface area contributed by atoms with Crippen LogP contribution in [0.2, 0.25) is 0 Å². The van der Waals surface area contributed by atoms with Gasteiger partial charge in [0.2, 0.25) is 0 Å². The average Bonchev–Trinajstić information content (AvgIpc) is 2.33. The van der Waals surface area contributed by atoms with Crippen molar-refractivity contribution in [1.82, 2.24) is 15.7 Å². The van der Waals surface area contributed by atoms with Crippen molar-refractivity contribution in [3.8, 4) is 0 Å². The molecule has 2 rings (SSSR count). The van der Waals surface area contributed by atoms with E-state index in [4.69, 9.17) is 0 Å². The van der Waals surface area contributed by atoms with Crippen LogP contribution < -0.4 is 5.53 Å². The molecule has 0 aromatic carbocycles. The molecule has 0 unspecified atom stereocenters. The van der Waals surface area contributed by atoms with Gasteiger partial charge in [-0.05, 0) is 6.92 Å². The van der Waals surface area contributed by atoms with Gasteiger partial charge < -0.3 is 0 Å². The summed E-state index contributed by atoms with van der Waals surface area (Å²) in [5.74, 6) is 1.06. The number of amidine groups is 1. The van der Waals surface area contributed by atoms with Gasteiger partial charge in [0.25, 0.3) is 0 Å². The van der Waals surface area contributed by atoms with Gasteiger partial charge in [0.1, 0.15) is 12.5 Å². The fourth-order valence-corrected chi connectivity index (χ4v) is 0.649. The molecule has 1 N–H and O–H groups in total. The molecule has 38 valence electrons. The van der Waals surface area contributed by atoms with Crippen LogP contribution in [0.1, 0.15) is 6.92 Å². The van der Waals surface area contributed by atoms with Crippen LogP contribution in [0.3, 0.4) is 0 Å². The zero-order valence-electron chi connectivity index (χ0n) is 4.05. The Morgan fingerprint density at radius 2 is 2.71 bits per heavy atom. The number of nitrogens with one attached hydrogen (secondary N) is 1. The van der Waals surface area contributed by atoms with Crippen LogP contribution in [0.4, 0.5) is 0 Å². The molecule has 4 heteroatoms. The molecule has 4 nitrogen and oxygen atoms in total. The predicted molar refractivity (Wildman–Crippen MR) is 24.8 cm³/mol. The maximum absolute atomic E-state index is 3.89. The van der Waals surface area contributed by atoms with Crippen molar-refractivity contribution < 1.29 is 0 Å². The predicted octanol–water partition coefficient (Wildman–Crippen LogP) is -0.672. The van der Waals surface area contributed by atoms with Crippen LogP contribution in [0.15, 0.2) is 5.10 Å². The fourth-order valence-electron chi connectivity index (χ4n) is 0.649. The fraction of sp³-hybridized carbons (Fsp3) is 0.667. The van der Waals surface area contributed by atoms with Gasteiger partial charge >= 0.3 is 0 Å². The van der Waals surface area contributed by atoms with E-state index in [2.05, 4.69) is 10.6 Å². The smallest absolute Gasteiger partial charge is 0.140 e. The molecule has 0 spiro atoms. The molecule has 1 saturated heterocycles. The number of nitrogens with zero attached hydrogens (tertiary/aromatic N) is 3. The van der Waals surface area contributed by atoms with Crippen molar-refractivity contribution in [3.05, 3.63) is 0 Å². The molecule has 0 aromatic heterocycles. The maximum atomic E-state index is 3.89. The number of hydrogen-bond donors (Lipinski definition) is 1. The van der Waals surface area contributed by atoms with E-state index in [1.807, 2.05) is 17.1 Å². The lowest BCUT2D eigenvalue weighted by atomic mass is 10.7. The first-order chi connectivity index (χ1) is 3.38. The molecular formula is C3H6N4. The van der Waals surface area contributed by atoms with Gasteiger partial charge in [-0.3, -0.25) is 5.01 Å². The van der Waals surface area contributed by atoms with Gasteiger partial charge in [-0.1, -0.05) is 5.12 Å². The highest BCUT2D eigenvalue weighted by Crippen LogP contribution is 2.16. The summed E-state index contributed by atoms with van der Waals surface area (Å²) >= 11 is 0. The first-order valence-corrected chi connectivity index (χ1v) is 2.23. The summed E-state index contributed by atoms with van der Waals surface area (Å²) in [5.41, 5.74) is 2.79. The second-order valence-electron chi connectivity index (χ2n) is 1.70. The van der Waals surface area contributed by atoms with E-state index >= 15 is 0 Å². The molecule has 0 aromatic rings. The van der Waals surface area contributed by atoms with Gasteiger partial charge in [0.15, 0.2) is 0 Å². The topological polar surface area (TPSA) is 30.4 Å². The molecule has 0 aliphatic carbocycles. The summed E-state index contributed by atoms with van der Waals surface area (Å²) in [4.78, 5) is 0. The number of hydrogen-bond acceptors (Lipinski definition) is 4.